The minimum atomic E-state index is -6.13. The lowest BCUT2D eigenvalue weighted by Gasteiger charge is -2.53. The average Bonchev–Trinajstić information content (AvgIpc) is 2.40. The molecule has 0 spiro atoms. The van der Waals surface area contributed by atoms with E-state index in [0.717, 1.165) is 0 Å². The quantitative estimate of drug-likeness (QED) is 0.596. The molecule has 0 amide bonds. The van der Waals surface area contributed by atoms with E-state index >= 15 is 0 Å². The Balaban J connectivity index is 3.51. The van der Waals surface area contributed by atoms with Gasteiger partial charge in [-0.2, -0.15) is 30.7 Å². The summed E-state index contributed by atoms with van der Waals surface area (Å²) in [6.45, 7) is 4.56. The lowest BCUT2D eigenvalue weighted by molar-refractivity contribution is -0.510. The fourth-order valence-electron chi connectivity index (χ4n) is 2.03. The predicted octanol–water partition coefficient (Wildman–Crippen LogP) is 3.66. The number of hydrogen-bond acceptors (Lipinski definition) is 4. The van der Waals surface area contributed by atoms with Crippen LogP contribution < -0.4 is 0 Å². The number of aliphatic hydroxyl groups is 1. The zero-order valence-electron chi connectivity index (χ0n) is 14.1. The maximum absolute atomic E-state index is 14.4. The molecule has 1 aliphatic rings. The van der Waals surface area contributed by atoms with Crippen LogP contribution in [0.15, 0.2) is 0 Å². The second kappa shape index (κ2) is 5.70. The van der Waals surface area contributed by atoms with Crippen molar-refractivity contribution in [3.63, 3.8) is 0 Å². The first-order valence-corrected chi connectivity index (χ1v) is 7.24. The monoisotopic (exact) mass is 384 g/mol. The standard InChI is InChI=1S/C14H19F7O4/c1-6-9(2,3)8(22)24-7-11(15,16)10(4,5)25-13(23,12(7,17)18)14(19,20)21/h7,23H,6H2,1-5H3. The minimum absolute atomic E-state index is 0.0148. The summed E-state index contributed by atoms with van der Waals surface area (Å²) in [6, 6.07) is 0. The Bertz CT molecular complexity index is 542. The highest BCUT2D eigenvalue weighted by molar-refractivity contribution is 5.76. The fraction of sp³-hybridized carbons (Fsp3) is 0.929. The molecule has 1 N–H and O–H groups in total. The molecule has 1 saturated heterocycles. The molecular formula is C14H19F7O4. The van der Waals surface area contributed by atoms with Gasteiger partial charge < -0.3 is 14.6 Å². The molecule has 1 aliphatic heterocycles. The molecule has 0 aromatic rings. The van der Waals surface area contributed by atoms with Crippen LogP contribution in [0.3, 0.4) is 0 Å². The van der Waals surface area contributed by atoms with Crippen molar-refractivity contribution in [2.45, 2.75) is 76.6 Å². The smallest absolute Gasteiger partial charge is 0.449 e. The van der Waals surface area contributed by atoms with Crippen molar-refractivity contribution in [3.8, 4) is 0 Å². The van der Waals surface area contributed by atoms with E-state index in [2.05, 4.69) is 9.47 Å². The molecule has 2 unspecified atom stereocenters. The van der Waals surface area contributed by atoms with Gasteiger partial charge >= 0.3 is 29.8 Å². The van der Waals surface area contributed by atoms with Gasteiger partial charge in [-0.25, -0.2) is 0 Å². The van der Waals surface area contributed by atoms with Gasteiger partial charge in [0, 0.05) is 0 Å². The van der Waals surface area contributed by atoms with Crippen LogP contribution in [0.5, 0.6) is 0 Å². The molecule has 0 aromatic heterocycles. The van der Waals surface area contributed by atoms with E-state index in [1.54, 1.807) is 0 Å². The van der Waals surface area contributed by atoms with Crippen LogP contribution in [0, 0.1) is 5.41 Å². The zero-order chi connectivity index (χ0) is 20.3. The Kier molecular flexibility index (Phi) is 5.00. The van der Waals surface area contributed by atoms with Crippen molar-refractivity contribution in [2.24, 2.45) is 5.41 Å². The number of carbonyl (C=O) groups is 1. The zero-order valence-corrected chi connectivity index (χ0v) is 14.1. The lowest BCUT2D eigenvalue weighted by atomic mass is 9.82. The van der Waals surface area contributed by atoms with Gasteiger partial charge in [0.25, 0.3) is 0 Å². The Labute approximate surface area is 139 Å². The summed E-state index contributed by atoms with van der Waals surface area (Å²) < 4.78 is 104. The third-order valence-corrected chi connectivity index (χ3v) is 4.36. The molecule has 4 nitrogen and oxygen atoms in total. The summed E-state index contributed by atoms with van der Waals surface area (Å²) in [6.07, 6.45) is -10.0. The third-order valence-electron chi connectivity index (χ3n) is 4.36. The van der Waals surface area contributed by atoms with E-state index in [-0.39, 0.29) is 6.42 Å². The van der Waals surface area contributed by atoms with E-state index < -0.39 is 46.9 Å². The van der Waals surface area contributed by atoms with Gasteiger partial charge in [-0.3, -0.25) is 4.79 Å². The van der Waals surface area contributed by atoms with Crippen LogP contribution in [-0.4, -0.2) is 46.6 Å². The summed E-state index contributed by atoms with van der Waals surface area (Å²) in [7, 11) is 0. The first-order valence-electron chi connectivity index (χ1n) is 7.24. The molecule has 0 bridgehead atoms. The highest BCUT2D eigenvalue weighted by Crippen LogP contribution is 2.58. The van der Waals surface area contributed by atoms with E-state index in [1.807, 2.05) is 0 Å². The van der Waals surface area contributed by atoms with Crippen LogP contribution >= 0.6 is 0 Å². The maximum atomic E-state index is 14.4. The van der Waals surface area contributed by atoms with Crippen LogP contribution in [0.1, 0.15) is 41.0 Å². The maximum Gasteiger partial charge on any atom is 0.449 e. The first-order chi connectivity index (χ1) is 10.8. The summed E-state index contributed by atoms with van der Waals surface area (Å²) >= 11 is 0. The molecule has 0 saturated carbocycles. The first kappa shape index (κ1) is 21.9. The molecule has 0 radical (unpaired) electrons. The topological polar surface area (TPSA) is 55.8 Å². The van der Waals surface area contributed by atoms with Crippen molar-refractivity contribution in [1.29, 1.82) is 0 Å². The average molecular weight is 384 g/mol. The Morgan fingerprint density at radius 3 is 1.92 bits per heavy atom. The van der Waals surface area contributed by atoms with Gasteiger partial charge in [0.1, 0.15) is 5.60 Å². The van der Waals surface area contributed by atoms with Crippen molar-refractivity contribution >= 4 is 5.97 Å². The molecule has 148 valence electrons. The Morgan fingerprint density at radius 1 is 1.12 bits per heavy atom. The molecule has 11 heteroatoms. The molecule has 1 rings (SSSR count). The Hall–Kier alpha value is -1.10. The van der Waals surface area contributed by atoms with Crippen molar-refractivity contribution in [2.75, 3.05) is 0 Å². The summed E-state index contributed by atoms with van der Waals surface area (Å²) in [4.78, 5) is 11.9. The SMILES string of the molecule is CCC(C)(C)C(=O)OC1C(F)(F)C(C)(C)OC(O)(C(F)(F)F)C1(F)F. The molecule has 2 atom stereocenters. The highest BCUT2D eigenvalue weighted by Gasteiger charge is 2.85. The van der Waals surface area contributed by atoms with E-state index in [1.165, 1.54) is 20.8 Å². The molecule has 0 aliphatic carbocycles. The number of rotatable bonds is 3. The lowest BCUT2D eigenvalue weighted by Crippen LogP contribution is -2.79. The minimum Gasteiger partial charge on any atom is -0.449 e. The van der Waals surface area contributed by atoms with Crippen molar-refractivity contribution < 1.29 is 50.1 Å². The summed E-state index contributed by atoms with van der Waals surface area (Å²) in [5, 5.41) is 9.42. The molecule has 0 aromatic carbocycles. The van der Waals surface area contributed by atoms with E-state index in [4.69, 9.17) is 0 Å². The second-order valence-corrected chi connectivity index (χ2v) is 7.02. The summed E-state index contributed by atoms with van der Waals surface area (Å²) in [5.41, 5.74) is -4.72. The molecular weight excluding hydrogens is 365 g/mol. The Morgan fingerprint density at radius 2 is 1.56 bits per heavy atom. The second-order valence-electron chi connectivity index (χ2n) is 7.02. The van der Waals surface area contributed by atoms with Gasteiger partial charge in [-0.1, -0.05) is 6.92 Å². The number of alkyl halides is 7. The fourth-order valence-corrected chi connectivity index (χ4v) is 2.03. The highest BCUT2D eigenvalue weighted by atomic mass is 19.4. The number of esters is 1. The summed E-state index contributed by atoms with van der Waals surface area (Å²) in [5.74, 6) is -17.2. The van der Waals surface area contributed by atoms with Gasteiger partial charge in [0.2, 0.25) is 6.10 Å². The van der Waals surface area contributed by atoms with Crippen molar-refractivity contribution in [1.82, 2.24) is 0 Å². The normalized spacial score (nSPS) is 31.5. The largest absolute Gasteiger partial charge is 0.449 e. The van der Waals surface area contributed by atoms with Crippen LogP contribution in [-0.2, 0) is 14.3 Å². The number of carbonyl (C=O) groups excluding carboxylic acids is 1. The van der Waals surface area contributed by atoms with Gasteiger partial charge in [0.15, 0.2) is 0 Å². The predicted molar refractivity (Wildman–Crippen MR) is 70.0 cm³/mol. The van der Waals surface area contributed by atoms with Gasteiger partial charge in [-0.05, 0) is 34.1 Å². The third kappa shape index (κ3) is 3.09. The molecule has 25 heavy (non-hydrogen) atoms. The molecule has 1 fully saturated rings. The van der Waals surface area contributed by atoms with Gasteiger partial charge in [-0.15, -0.1) is 0 Å². The van der Waals surface area contributed by atoms with Crippen LogP contribution in [0.25, 0.3) is 0 Å². The van der Waals surface area contributed by atoms with Crippen LogP contribution in [0.4, 0.5) is 30.7 Å². The van der Waals surface area contributed by atoms with Crippen LogP contribution in [0.2, 0.25) is 0 Å². The number of hydrogen-bond donors (Lipinski definition) is 1. The number of halogens is 7. The molecule has 1 heterocycles. The number of ether oxygens (including phenoxy) is 2. The van der Waals surface area contributed by atoms with E-state index in [9.17, 15) is 40.6 Å². The van der Waals surface area contributed by atoms with E-state index in [0.29, 0.717) is 13.8 Å². The van der Waals surface area contributed by atoms with Crippen molar-refractivity contribution in [3.05, 3.63) is 0 Å². The van der Waals surface area contributed by atoms with Gasteiger partial charge in [0.05, 0.1) is 5.41 Å².